The van der Waals surface area contributed by atoms with Crippen LogP contribution in [-0.2, 0) is 0 Å². The SMILES string of the molecule is CCCCCC(C)NC1CC(C)CCC1C(C)C. The average Bonchev–Trinajstić information content (AvgIpc) is 2.29. The fourth-order valence-electron chi connectivity index (χ4n) is 3.54. The van der Waals surface area contributed by atoms with Crippen molar-refractivity contribution in [1.82, 2.24) is 5.32 Å². The van der Waals surface area contributed by atoms with E-state index >= 15 is 0 Å². The fraction of sp³-hybridized carbons (Fsp3) is 1.00. The quantitative estimate of drug-likeness (QED) is 0.629. The molecular formula is C17H35N. The first-order chi connectivity index (χ1) is 8.54. The third-order valence-electron chi connectivity index (χ3n) is 4.76. The van der Waals surface area contributed by atoms with Gasteiger partial charge in [-0.3, -0.25) is 0 Å². The summed E-state index contributed by atoms with van der Waals surface area (Å²) in [6.45, 7) is 11.9. The number of nitrogens with one attached hydrogen (secondary N) is 1. The van der Waals surface area contributed by atoms with Crippen molar-refractivity contribution >= 4 is 0 Å². The summed E-state index contributed by atoms with van der Waals surface area (Å²) in [5.74, 6) is 2.65. The van der Waals surface area contributed by atoms with Gasteiger partial charge in [-0.1, -0.05) is 53.4 Å². The normalized spacial score (nSPS) is 30.7. The largest absolute Gasteiger partial charge is 0.311 e. The molecule has 108 valence electrons. The van der Waals surface area contributed by atoms with Crippen molar-refractivity contribution in [1.29, 1.82) is 0 Å². The lowest BCUT2D eigenvalue weighted by Crippen LogP contribution is -2.46. The second-order valence-corrected chi connectivity index (χ2v) is 7.00. The Hall–Kier alpha value is -0.0400. The summed E-state index contributed by atoms with van der Waals surface area (Å²) < 4.78 is 0. The van der Waals surface area contributed by atoms with E-state index in [1.165, 1.54) is 44.9 Å². The van der Waals surface area contributed by atoms with Crippen LogP contribution in [0.4, 0.5) is 0 Å². The zero-order chi connectivity index (χ0) is 13.5. The van der Waals surface area contributed by atoms with E-state index in [1.54, 1.807) is 0 Å². The summed E-state index contributed by atoms with van der Waals surface area (Å²) >= 11 is 0. The van der Waals surface area contributed by atoms with Crippen molar-refractivity contribution < 1.29 is 0 Å². The van der Waals surface area contributed by atoms with Gasteiger partial charge in [-0.15, -0.1) is 0 Å². The van der Waals surface area contributed by atoms with Gasteiger partial charge in [0.1, 0.15) is 0 Å². The van der Waals surface area contributed by atoms with E-state index in [2.05, 4.69) is 39.9 Å². The molecular weight excluding hydrogens is 218 g/mol. The van der Waals surface area contributed by atoms with Crippen LogP contribution in [0.25, 0.3) is 0 Å². The third-order valence-corrected chi connectivity index (χ3v) is 4.76. The summed E-state index contributed by atoms with van der Waals surface area (Å²) in [5.41, 5.74) is 0. The molecule has 1 rings (SSSR count). The van der Waals surface area contributed by atoms with Crippen LogP contribution in [0, 0.1) is 17.8 Å². The first-order valence-corrected chi connectivity index (χ1v) is 8.30. The Bertz CT molecular complexity index is 212. The summed E-state index contributed by atoms with van der Waals surface area (Å²) in [6.07, 6.45) is 9.72. The van der Waals surface area contributed by atoms with Gasteiger partial charge >= 0.3 is 0 Å². The van der Waals surface area contributed by atoms with Gasteiger partial charge in [0.2, 0.25) is 0 Å². The molecule has 1 N–H and O–H groups in total. The smallest absolute Gasteiger partial charge is 0.0103 e. The molecule has 0 aromatic heterocycles. The van der Waals surface area contributed by atoms with E-state index in [-0.39, 0.29) is 0 Å². The predicted molar refractivity (Wildman–Crippen MR) is 81.9 cm³/mol. The Morgan fingerprint density at radius 1 is 1.11 bits per heavy atom. The molecule has 1 aliphatic rings. The molecule has 1 heteroatoms. The van der Waals surface area contributed by atoms with E-state index in [4.69, 9.17) is 0 Å². The Labute approximate surface area is 115 Å². The predicted octanol–water partition coefficient (Wildman–Crippen LogP) is 5.01. The van der Waals surface area contributed by atoms with Gasteiger partial charge in [0, 0.05) is 12.1 Å². The Morgan fingerprint density at radius 3 is 2.44 bits per heavy atom. The molecule has 1 aliphatic carbocycles. The molecule has 1 fully saturated rings. The second-order valence-electron chi connectivity index (χ2n) is 7.00. The fourth-order valence-corrected chi connectivity index (χ4v) is 3.54. The molecule has 0 heterocycles. The number of hydrogen-bond donors (Lipinski definition) is 1. The van der Waals surface area contributed by atoms with Crippen molar-refractivity contribution in [2.24, 2.45) is 17.8 Å². The molecule has 0 radical (unpaired) electrons. The van der Waals surface area contributed by atoms with Gasteiger partial charge in [0.15, 0.2) is 0 Å². The summed E-state index contributed by atoms with van der Waals surface area (Å²) in [6, 6.07) is 1.47. The van der Waals surface area contributed by atoms with E-state index in [0.29, 0.717) is 6.04 Å². The lowest BCUT2D eigenvalue weighted by atomic mass is 9.74. The van der Waals surface area contributed by atoms with Crippen molar-refractivity contribution in [2.75, 3.05) is 0 Å². The molecule has 0 aromatic carbocycles. The van der Waals surface area contributed by atoms with Crippen LogP contribution in [0.1, 0.15) is 79.6 Å². The van der Waals surface area contributed by atoms with Gasteiger partial charge in [-0.05, 0) is 43.9 Å². The minimum Gasteiger partial charge on any atom is -0.311 e. The topological polar surface area (TPSA) is 12.0 Å². The summed E-state index contributed by atoms with van der Waals surface area (Å²) in [7, 11) is 0. The van der Waals surface area contributed by atoms with E-state index in [1.807, 2.05) is 0 Å². The maximum atomic E-state index is 3.94. The van der Waals surface area contributed by atoms with Crippen molar-refractivity contribution in [3.63, 3.8) is 0 Å². The minimum atomic E-state index is 0.702. The number of rotatable bonds is 7. The third kappa shape index (κ3) is 5.30. The van der Waals surface area contributed by atoms with Crippen LogP contribution in [0.3, 0.4) is 0 Å². The lowest BCUT2D eigenvalue weighted by molar-refractivity contribution is 0.159. The van der Waals surface area contributed by atoms with Gasteiger partial charge in [-0.25, -0.2) is 0 Å². The molecule has 0 aliphatic heterocycles. The highest BCUT2D eigenvalue weighted by atomic mass is 15.0. The number of unbranched alkanes of at least 4 members (excludes halogenated alkanes) is 2. The van der Waals surface area contributed by atoms with E-state index in [0.717, 1.165) is 23.8 Å². The average molecular weight is 253 g/mol. The van der Waals surface area contributed by atoms with Crippen molar-refractivity contribution in [3.8, 4) is 0 Å². The molecule has 1 saturated carbocycles. The van der Waals surface area contributed by atoms with Gasteiger partial charge < -0.3 is 5.32 Å². The Balaban J connectivity index is 2.39. The maximum absolute atomic E-state index is 3.94. The van der Waals surface area contributed by atoms with Crippen LogP contribution in [0.5, 0.6) is 0 Å². The van der Waals surface area contributed by atoms with Crippen LogP contribution in [-0.4, -0.2) is 12.1 Å². The molecule has 4 atom stereocenters. The first kappa shape index (κ1) is 16.0. The molecule has 0 amide bonds. The van der Waals surface area contributed by atoms with Gasteiger partial charge in [0.25, 0.3) is 0 Å². The standard InChI is InChI=1S/C17H35N/c1-6-7-8-9-15(5)18-17-12-14(4)10-11-16(17)13(2)3/h13-18H,6-12H2,1-5H3. The molecule has 0 saturated heterocycles. The molecule has 1 nitrogen and oxygen atoms in total. The molecule has 18 heavy (non-hydrogen) atoms. The monoisotopic (exact) mass is 253 g/mol. The number of hydrogen-bond acceptors (Lipinski definition) is 1. The van der Waals surface area contributed by atoms with Crippen LogP contribution in [0.2, 0.25) is 0 Å². The Kier molecular flexibility index (Phi) is 7.29. The zero-order valence-corrected chi connectivity index (χ0v) is 13.3. The molecule has 0 spiro atoms. The van der Waals surface area contributed by atoms with Crippen molar-refractivity contribution in [3.05, 3.63) is 0 Å². The summed E-state index contributed by atoms with van der Waals surface area (Å²) in [5, 5.41) is 3.94. The Morgan fingerprint density at radius 2 is 1.83 bits per heavy atom. The highest BCUT2D eigenvalue weighted by molar-refractivity contribution is 4.86. The van der Waals surface area contributed by atoms with Crippen LogP contribution in [0.15, 0.2) is 0 Å². The molecule has 4 unspecified atom stereocenters. The van der Waals surface area contributed by atoms with Crippen LogP contribution >= 0.6 is 0 Å². The highest BCUT2D eigenvalue weighted by Gasteiger charge is 2.30. The molecule has 0 bridgehead atoms. The highest BCUT2D eigenvalue weighted by Crippen LogP contribution is 2.33. The zero-order valence-electron chi connectivity index (χ0n) is 13.3. The maximum Gasteiger partial charge on any atom is 0.0103 e. The van der Waals surface area contributed by atoms with E-state index in [9.17, 15) is 0 Å². The minimum absolute atomic E-state index is 0.702. The first-order valence-electron chi connectivity index (χ1n) is 8.30. The molecule has 0 aromatic rings. The van der Waals surface area contributed by atoms with Crippen molar-refractivity contribution in [2.45, 2.75) is 91.6 Å². The lowest BCUT2D eigenvalue weighted by Gasteiger charge is -2.39. The van der Waals surface area contributed by atoms with Crippen LogP contribution < -0.4 is 5.32 Å². The summed E-state index contributed by atoms with van der Waals surface area (Å²) in [4.78, 5) is 0. The van der Waals surface area contributed by atoms with Gasteiger partial charge in [0.05, 0.1) is 0 Å². The van der Waals surface area contributed by atoms with E-state index < -0.39 is 0 Å². The second kappa shape index (κ2) is 8.19. The van der Waals surface area contributed by atoms with Gasteiger partial charge in [-0.2, -0.15) is 0 Å².